The van der Waals surface area contributed by atoms with E-state index in [1.54, 1.807) is 6.07 Å². The zero-order chi connectivity index (χ0) is 33.0. The smallest absolute Gasteiger partial charge is 0.382 e. The molecule has 1 aromatic heterocycles. The lowest BCUT2D eigenvalue weighted by Crippen LogP contribution is -2.82. The fourth-order valence-electron chi connectivity index (χ4n) is 5.16. The van der Waals surface area contributed by atoms with Gasteiger partial charge in [-0.15, -0.1) is 21.6 Å². The lowest BCUT2D eigenvalue weighted by Gasteiger charge is -2.19. The highest BCUT2D eigenvalue weighted by Crippen LogP contribution is 2.34. The number of aryl methyl sites for hydroxylation is 1. The van der Waals surface area contributed by atoms with E-state index in [-0.39, 0.29) is 5.13 Å². The number of benzene rings is 5. The number of nitrogens with zero attached hydrogens (tertiary/aromatic N) is 3. The van der Waals surface area contributed by atoms with Crippen molar-refractivity contribution < 1.29 is 18.6 Å². The molecule has 0 aliphatic carbocycles. The van der Waals surface area contributed by atoms with Crippen LogP contribution < -0.4 is 27.0 Å². The average molecular weight is 656 g/mol. The van der Waals surface area contributed by atoms with Crippen LogP contribution >= 0.6 is 11.3 Å². The molecule has 0 aliphatic heterocycles. The first-order chi connectivity index (χ1) is 22.7. The molecular weight excluding hydrogens is 622 g/mol. The highest BCUT2D eigenvalue weighted by molar-refractivity contribution is 7.13. The topological polar surface area (TPSA) is 102 Å². The van der Waals surface area contributed by atoms with Gasteiger partial charge in [0, 0.05) is 44.7 Å². The van der Waals surface area contributed by atoms with Crippen molar-refractivity contribution in [1.82, 2.24) is 4.98 Å². The first-order valence-corrected chi connectivity index (χ1v) is 16.0. The SMILES string of the molecule is CCC(C)Nc1ccc(NNc2ccc([NH2+]Nc3ccc(N=Nc4nc(C(F)(F)F)cs4)cc3C)c3ccccc23)c2ccccc12. The van der Waals surface area contributed by atoms with Crippen molar-refractivity contribution in [2.24, 2.45) is 10.2 Å². The molecule has 6 aromatic rings. The molecule has 1 heterocycles. The van der Waals surface area contributed by atoms with Crippen LogP contribution in [-0.2, 0) is 6.18 Å². The lowest BCUT2D eigenvalue weighted by molar-refractivity contribution is -0.536. The Balaban J connectivity index is 1.15. The predicted molar refractivity (Wildman–Crippen MR) is 186 cm³/mol. The third-order valence-electron chi connectivity index (χ3n) is 7.85. The summed E-state index contributed by atoms with van der Waals surface area (Å²) in [6, 6.07) is 30.7. The van der Waals surface area contributed by atoms with Crippen LogP contribution in [0.4, 0.5) is 52.4 Å². The quantitative estimate of drug-likeness (QED) is 0.0414. The van der Waals surface area contributed by atoms with E-state index in [2.05, 4.69) is 99.2 Å². The summed E-state index contributed by atoms with van der Waals surface area (Å²) in [5.74, 6) is 0. The molecule has 6 N–H and O–H groups in total. The Morgan fingerprint density at radius 1 is 0.787 bits per heavy atom. The number of hydrazine groups is 1. The second-order valence-electron chi connectivity index (χ2n) is 11.2. The fourth-order valence-corrected chi connectivity index (χ4v) is 5.80. The Hall–Kier alpha value is -5.20. The third-order valence-corrected chi connectivity index (χ3v) is 8.58. The molecule has 0 radical (unpaired) electrons. The Labute approximate surface area is 274 Å². The monoisotopic (exact) mass is 655 g/mol. The van der Waals surface area contributed by atoms with Crippen molar-refractivity contribution in [2.45, 2.75) is 39.4 Å². The molecule has 1 unspecified atom stereocenters. The third kappa shape index (κ3) is 7.29. The molecule has 0 aliphatic rings. The van der Waals surface area contributed by atoms with Crippen molar-refractivity contribution >= 4 is 72.1 Å². The molecular formula is C35H34F3N8S+. The van der Waals surface area contributed by atoms with Crippen LogP contribution in [-0.4, -0.2) is 11.0 Å². The zero-order valence-electron chi connectivity index (χ0n) is 26.0. The van der Waals surface area contributed by atoms with Crippen molar-refractivity contribution in [3.8, 4) is 0 Å². The van der Waals surface area contributed by atoms with Gasteiger partial charge in [0.25, 0.3) is 0 Å². The number of azo groups is 1. The van der Waals surface area contributed by atoms with Crippen LogP contribution in [0.25, 0.3) is 21.5 Å². The van der Waals surface area contributed by atoms with Gasteiger partial charge in [0.05, 0.1) is 22.7 Å². The molecule has 0 bridgehead atoms. The first-order valence-electron chi connectivity index (χ1n) is 15.2. The number of anilines is 4. The summed E-state index contributed by atoms with van der Waals surface area (Å²) in [6.07, 6.45) is -3.46. The minimum absolute atomic E-state index is 0.0499. The summed E-state index contributed by atoms with van der Waals surface area (Å²) < 4.78 is 38.4. The number of halogens is 3. The molecule has 0 spiro atoms. The van der Waals surface area contributed by atoms with Gasteiger partial charge in [-0.3, -0.25) is 0 Å². The largest absolute Gasteiger partial charge is 0.434 e. The molecule has 8 nitrogen and oxygen atoms in total. The van der Waals surface area contributed by atoms with E-state index in [4.69, 9.17) is 0 Å². The van der Waals surface area contributed by atoms with Gasteiger partial charge in [0.15, 0.2) is 11.4 Å². The van der Waals surface area contributed by atoms with Gasteiger partial charge in [-0.2, -0.15) is 13.2 Å². The van der Waals surface area contributed by atoms with E-state index >= 15 is 0 Å². The molecule has 0 fully saturated rings. The summed E-state index contributed by atoms with van der Waals surface area (Å²) in [5, 5.41) is 16.8. The van der Waals surface area contributed by atoms with Gasteiger partial charge in [-0.25, -0.2) is 15.8 Å². The summed E-state index contributed by atoms with van der Waals surface area (Å²) in [7, 11) is 0. The molecule has 0 amide bonds. The number of alkyl halides is 3. The number of nitrogens with two attached hydrogens (primary N) is 1. The van der Waals surface area contributed by atoms with Gasteiger partial charge >= 0.3 is 6.18 Å². The molecule has 12 heteroatoms. The maximum Gasteiger partial charge on any atom is 0.434 e. The van der Waals surface area contributed by atoms with Crippen molar-refractivity contribution in [3.05, 3.63) is 108 Å². The molecule has 47 heavy (non-hydrogen) atoms. The van der Waals surface area contributed by atoms with Crippen LogP contribution in [0.1, 0.15) is 31.5 Å². The molecule has 0 saturated carbocycles. The molecule has 240 valence electrons. The normalized spacial score (nSPS) is 12.5. The fraction of sp³-hybridized carbons (Fsp3) is 0.171. The van der Waals surface area contributed by atoms with Crippen LogP contribution in [0.2, 0.25) is 0 Å². The van der Waals surface area contributed by atoms with Crippen molar-refractivity contribution in [3.63, 3.8) is 0 Å². The van der Waals surface area contributed by atoms with Gasteiger partial charge < -0.3 is 16.2 Å². The molecule has 1 atom stereocenters. The molecule has 5 aromatic carbocycles. The van der Waals surface area contributed by atoms with Crippen LogP contribution in [0.3, 0.4) is 0 Å². The minimum Gasteiger partial charge on any atom is -0.382 e. The second kappa shape index (κ2) is 13.7. The zero-order valence-corrected chi connectivity index (χ0v) is 26.8. The Morgan fingerprint density at radius 2 is 1.38 bits per heavy atom. The predicted octanol–water partition coefficient (Wildman–Crippen LogP) is 10.1. The second-order valence-corrected chi connectivity index (χ2v) is 12.0. The van der Waals surface area contributed by atoms with Gasteiger partial charge in [-0.05, 0) is 68.3 Å². The van der Waals surface area contributed by atoms with E-state index < -0.39 is 11.9 Å². The van der Waals surface area contributed by atoms with Crippen LogP contribution in [0.5, 0.6) is 0 Å². The number of quaternary nitrogens is 1. The number of hydrogen-bond donors (Lipinski definition) is 5. The summed E-state index contributed by atoms with van der Waals surface area (Å²) in [5.41, 5.74) is 17.6. The van der Waals surface area contributed by atoms with E-state index in [0.717, 1.165) is 78.7 Å². The Morgan fingerprint density at radius 3 is 2.02 bits per heavy atom. The maximum atomic E-state index is 12.8. The van der Waals surface area contributed by atoms with Crippen LogP contribution in [0.15, 0.2) is 107 Å². The highest BCUT2D eigenvalue weighted by atomic mass is 32.1. The number of thiazole rings is 1. The number of fused-ring (bicyclic) bond motifs is 2. The average Bonchev–Trinajstić information content (AvgIpc) is 3.57. The van der Waals surface area contributed by atoms with E-state index in [9.17, 15) is 13.2 Å². The van der Waals surface area contributed by atoms with Gasteiger partial charge in [0.2, 0.25) is 5.13 Å². The number of nitrogen functional groups attached to an aromatic ring is 1. The van der Waals surface area contributed by atoms with Crippen molar-refractivity contribution in [2.75, 3.05) is 21.6 Å². The molecule has 0 saturated heterocycles. The van der Waals surface area contributed by atoms with E-state index in [1.165, 1.54) is 0 Å². The van der Waals surface area contributed by atoms with E-state index in [1.807, 2.05) is 48.7 Å². The Kier molecular flexibility index (Phi) is 9.23. The standard InChI is InChI=1S/C35H33F3N8S/c1-4-22(3)39-29-15-16-30(25-10-6-5-9-24(25)29)44-45-32-18-17-31(26-11-7-8-12-27(26)32)43-42-28-14-13-23(19-21(28)2)41-46-34-40-33(20-47-34)35(36,37)38/h5-20,22,39,42-45H,4H2,1-3H3/p+1. The first kappa shape index (κ1) is 31.8. The minimum atomic E-state index is -4.50. The van der Waals surface area contributed by atoms with Crippen molar-refractivity contribution in [1.29, 1.82) is 0 Å². The van der Waals surface area contributed by atoms with Gasteiger partial charge in [0.1, 0.15) is 0 Å². The van der Waals surface area contributed by atoms with Gasteiger partial charge in [-0.1, -0.05) is 49.4 Å². The van der Waals surface area contributed by atoms with E-state index in [0.29, 0.717) is 11.7 Å². The highest BCUT2D eigenvalue weighted by Gasteiger charge is 2.33. The summed E-state index contributed by atoms with van der Waals surface area (Å²) in [4.78, 5) is 3.49. The van der Waals surface area contributed by atoms with Crippen LogP contribution in [0, 0.1) is 6.92 Å². The maximum absolute atomic E-state index is 12.8. The summed E-state index contributed by atoms with van der Waals surface area (Å²) >= 11 is 0.796. The summed E-state index contributed by atoms with van der Waals surface area (Å²) in [6.45, 7) is 6.28. The number of rotatable bonds is 11. The number of hydrogen-bond acceptors (Lipinski definition) is 8. The Bertz CT molecular complexity index is 2060. The lowest BCUT2D eigenvalue weighted by atomic mass is 10.1. The molecule has 6 rings (SSSR count). The number of aromatic nitrogens is 1. The number of nitrogens with one attached hydrogen (secondary N) is 4.